The van der Waals surface area contributed by atoms with Crippen LogP contribution in [0.25, 0.3) is 0 Å². The number of hydrogen-bond donors (Lipinski definition) is 5. The summed E-state index contributed by atoms with van der Waals surface area (Å²) in [5.41, 5.74) is 0.0286. The van der Waals surface area contributed by atoms with Gasteiger partial charge in [-0.2, -0.15) is 10.5 Å². The van der Waals surface area contributed by atoms with Crippen LogP contribution in [0.5, 0.6) is 0 Å². The number of aromatic carboxylic acids is 2. The lowest BCUT2D eigenvalue weighted by molar-refractivity contribution is -0.120. The van der Waals surface area contributed by atoms with E-state index in [4.69, 9.17) is 25.5 Å². The molecule has 0 atom stereocenters. The van der Waals surface area contributed by atoms with Crippen molar-refractivity contribution in [2.75, 3.05) is 6.54 Å². The number of aromatic amines is 1. The number of alkyl carbamates (subject to hydrolysis) is 1. The highest BCUT2D eigenvalue weighted by Crippen LogP contribution is 2.15. The molecule has 0 fully saturated rings. The van der Waals surface area contributed by atoms with Crippen molar-refractivity contribution in [3.05, 3.63) is 58.9 Å². The number of nitriles is 2. The van der Waals surface area contributed by atoms with Crippen molar-refractivity contribution in [1.29, 1.82) is 10.5 Å². The molecule has 5 N–H and O–H groups in total. The van der Waals surface area contributed by atoms with Gasteiger partial charge in [-0.3, -0.25) is 4.79 Å². The minimum absolute atomic E-state index is 0.0341. The topological polar surface area (TPSA) is 205 Å². The largest absolute Gasteiger partial charge is 0.478 e. The van der Waals surface area contributed by atoms with Gasteiger partial charge in [0.15, 0.2) is 12.1 Å². The average Bonchev–Trinajstić information content (AvgIpc) is 3.26. The molecule has 186 valence electrons. The van der Waals surface area contributed by atoms with Crippen molar-refractivity contribution < 1.29 is 34.1 Å². The molecule has 1 aromatic heterocycles. The van der Waals surface area contributed by atoms with E-state index in [1.807, 2.05) is 25.3 Å². The van der Waals surface area contributed by atoms with Gasteiger partial charge in [-0.25, -0.2) is 14.4 Å². The fourth-order valence-electron chi connectivity index (χ4n) is 2.31. The number of carbonyl (C=O) groups excluding carboxylic acids is 2. The van der Waals surface area contributed by atoms with Crippen LogP contribution in [-0.4, -0.2) is 51.3 Å². The summed E-state index contributed by atoms with van der Waals surface area (Å²) in [6, 6.07) is 10.3. The van der Waals surface area contributed by atoms with Gasteiger partial charge in [0.1, 0.15) is 12.1 Å². The summed E-state index contributed by atoms with van der Waals surface area (Å²) in [5.74, 6) is -3.24. The highest BCUT2D eigenvalue weighted by Gasteiger charge is 2.19. The highest BCUT2D eigenvalue weighted by molar-refractivity contribution is 5.96. The first kappa shape index (κ1) is 30.2. The van der Waals surface area contributed by atoms with Crippen LogP contribution < -0.4 is 10.6 Å². The molecule has 0 saturated heterocycles. The molecule has 1 heterocycles. The Kier molecular flexibility index (Phi) is 13.0. The maximum atomic E-state index is 11.8. The van der Waals surface area contributed by atoms with Crippen LogP contribution >= 0.6 is 0 Å². The number of benzene rings is 1. The van der Waals surface area contributed by atoms with Gasteiger partial charge in [0.2, 0.25) is 5.91 Å². The summed E-state index contributed by atoms with van der Waals surface area (Å²) < 4.78 is 4.97. The summed E-state index contributed by atoms with van der Waals surface area (Å²) in [5, 5.41) is 37.4. The maximum absolute atomic E-state index is 11.8. The first-order chi connectivity index (χ1) is 16.3. The van der Waals surface area contributed by atoms with Crippen LogP contribution in [0, 0.1) is 29.6 Å². The Morgan fingerprint density at radius 3 is 1.86 bits per heavy atom. The van der Waals surface area contributed by atoms with Gasteiger partial charge in [0.05, 0.1) is 11.1 Å². The Hall–Kier alpha value is -4.84. The van der Waals surface area contributed by atoms with Gasteiger partial charge in [-0.15, -0.1) is 0 Å². The van der Waals surface area contributed by atoms with Crippen molar-refractivity contribution in [3.63, 3.8) is 0 Å². The first-order valence-electron chi connectivity index (χ1n) is 10.0. The third kappa shape index (κ3) is 13.3. The number of carboxylic acid groups (broad SMARTS) is 2. The van der Waals surface area contributed by atoms with Gasteiger partial charge >= 0.3 is 18.0 Å². The lowest BCUT2D eigenvalue weighted by Crippen LogP contribution is -2.39. The molecular weight excluding hydrogens is 458 g/mol. The van der Waals surface area contributed by atoms with E-state index in [1.165, 1.54) is 36.0 Å². The average molecular weight is 485 g/mol. The van der Waals surface area contributed by atoms with E-state index in [1.54, 1.807) is 20.8 Å². The summed E-state index contributed by atoms with van der Waals surface area (Å²) in [6.07, 6.45) is 1.13. The molecule has 0 saturated carbocycles. The van der Waals surface area contributed by atoms with Crippen molar-refractivity contribution in [2.24, 2.45) is 0 Å². The summed E-state index contributed by atoms with van der Waals surface area (Å²) in [7, 11) is 0. The predicted octanol–water partition coefficient (Wildman–Crippen LogP) is 2.58. The number of amides is 2. The number of nitrogens with zero attached hydrogens (tertiary/aromatic N) is 2. The van der Waals surface area contributed by atoms with E-state index in [-0.39, 0.29) is 23.2 Å². The van der Waals surface area contributed by atoms with E-state index in [2.05, 4.69) is 15.6 Å². The number of carbonyl (C=O) groups is 4. The smallest absolute Gasteiger partial charge is 0.408 e. The van der Waals surface area contributed by atoms with Crippen LogP contribution in [0.1, 0.15) is 52.7 Å². The van der Waals surface area contributed by atoms with Crippen molar-refractivity contribution >= 4 is 23.9 Å². The van der Waals surface area contributed by atoms with Gasteiger partial charge < -0.3 is 30.6 Å². The number of H-pyrrole nitrogens is 1. The van der Waals surface area contributed by atoms with E-state index in [0.717, 1.165) is 0 Å². The number of hydrogen-bond acceptors (Lipinski definition) is 7. The lowest BCUT2D eigenvalue weighted by Gasteiger charge is -2.19. The normalized spacial score (nSPS) is 9.43. The monoisotopic (exact) mass is 485 g/mol. The Balaban J connectivity index is 0.000000953. The number of carboxylic acids is 2. The predicted molar refractivity (Wildman–Crippen MR) is 123 cm³/mol. The molecule has 12 heteroatoms. The quantitative estimate of drug-likeness (QED) is 0.407. The second-order valence-corrected chi connectivity index (χ2v) is 7.65. The molecule has 0 radical (unpaired) electrons. The molecule has 2 amide bonds. The molecular formula is C23H27N5O7. The van der Waals surface area contributed by atoms with E-state index in [0.29, 0.717) is 0 Å². The van der Waals surface area contributed by atoms with Crippen molar-refractivity contribution in [1.82, 2.24) is 15.6 Å². The third-order valence-corrected chi connectivity index (χ3v) is 3.69. The standard InChI is InChI=1S/C16H20N2O7.C5H7N.C2N2/c1-16(2,3)25-15(24)18-8-12(19)17-7-11-9(13(20)21)5-4-6-10(11)14(22)23;1-5-3-2-4-6-5;3-1-2-4/h4-6H,7-8H2,1-3H3,(H,17,19)(H,18,24)(H,20,21)(H,22,23);2-4,6H,1H3;. The zero-order chi connectivity index (χ0) is 27.0. The van der Waals surface area contributed by atoms with Crippen LogP contribution in [-0.2, 0) is 16.1 Å². The molecule has 0 bridgehead atoms. The highest BCUT2D eigenvalue weighted by atomic mass is 16.6. The molecule has 0 aliphatic carbocycles. The molecule has 0 spiro atoms. The van der Waals surface area contributed by atoms with Crippen molar-refractivity contribution in [3.8, 4) is 12.1 Å². The minimum atomic E-state index is -1.31. The third-order valence-electron chi connectivity index (χ3n) is 3.69. The number of rotatable bonds is 6. The summed E-state index contributed by atoms with van der Waals surface area (Å²) in [4.78, 5) is 48.6. The molecule has 0 unspecified atom stereocenters. The van der Waals surface area contributed by atoms with Crippen LogP contribution in [0.2, 0.25) is 0 Å². The van der Waals surface area contributed by atoms with Crippen LogP contribution in [0.15, 0.2) is 36.5 Å². The van der Waals surface area contributed by atoms with Gasteiger partial charge in [0.25, 0.3) is 0 Å². The van der Waals surface area contributed by atoms with Crippen molar-refractivity contribution in [2.45, 2.75) is 39.8 Å². The molecule has 0 aliphatic heterocycles. The van der Waals surface area contributed by atoms with Gasteiger partial charge in [-0.05, 0) is 52.0 Å². The number of nitrogens with one attached hydrogen (secondary N) is 3. The fourth-order valence-corrected chi connectivity index (χ4v) is 2.31. The molecule has 2 aromatic rings. The molecule has 1 aromatic carbocycles. The first-order valence-corrected chi connectivity index (χ1v) is 10.0. The van der Waals surface area contributed by atoms with E-state index in [9.17, 15) is 19.2 Å². The zero-order valence-corrected chi connectivity index (χ0v) is 19.7. The molecule has 0 aliphatic rings. The zero-order valence-electron chi connectivity index (χ0n) is 19.7. The lowest BCUT2D eigenvalue weighted by atomic mass is 10.0. The SMILES string of the molecule is CC(C)(C)OC(=O)NCC(=O)NCc1c(C(=O)O)cccc1C(=O)O.Cc1ccc[nH]1.N#CC#N. The Morgan fingerprint density at radius 1 is 0.971 bits per heavy atom. The number of aryl methyl sites for hydroxylation is 1. The van der Waals surface area contributed by atoms with Crippen LogP contribution in [0.4, 0.5) is 4.79 Å². The second kappa shape index (κ2) is 15.1. The Labute approximate surface area is 202 Å². The van der Waals surface area contributed by atoms with Gasteiger partial charge in [-0.1, -0.05) is 6.07 Å². The summed E-state index contributed by atoms with van der Waals surface area (Å²) >= 11 is 0. The maximum Gasteiger partial charge on any atom is 0.408 e. The van der Waals surface area contributed by atoms with Crippen LogP contribution in [0.3, 0.4) is 0 Å². The minimum Gasteiger partial charge on any atom is -0.478 e. The number of aromatic nitrogens is 1. The van der Waals surface area contributed by atoms with E-state index >= 15 is 0 Å². The molecule has 35 heavy (non-hydrogen) atoms. The van der Waals surface area contributed by atoms with Gasteiger partial charge in [0, 0.05) is 24.0 Å². The Morgan fingerprint density at radius 2 is 1.51 bits per heavy atom. The Bertz CT molecular complexity index is 1050. The second-order valence-electron chi connectivity index (χ2n) is 7.65. The number of ether oxygens (including phenoxy) is 1. The van der Waals surface area contributed by atoms with E-state index < -0.39 is 36.1 Å². The fraction of sp³-hybridized carbons (Fsp3) is 0.304. The molecule has 12 nitrogen and oxygen atoms in total. The molecule has 2 rings (SSSR count). The summed E-state index contributed by atoms with van der Waals surface area (Å²) in [6.45, 7) is 6.33.